The van der Waals surface area contributed by atoms with E-state index in [0.717, 1.165) is 45.8 Å². The minimum atomic E-state index is -3.53. The normalized spacial score (nSPS) is 16.8. The molecular weight excluding hydrogens is 368 g/mol. The van der Waals surface area contributed by atoms with Crippen molar-refractivity contribution in [1.82, 2.24) is 4.72 Å². The number of carbonyl (C=O) groups is 1. The highest BCUT2D eigenvalue weighted by molar-refractivity contribution is 7.89. The standard InChI is InChI=1S/C18H30N4O4S/c1-3-15(2)21-27(24,25)17-6-4-16(5-7-17)20-18(23)14-19-8-9-22-10-12-26-13-11-22/h4-7,15,19,21H,3,8-14H2,1-2H3,(H,20,23)/p+2/t15-/m1/s1. The van der Waals surface area contributed by atoms with E-state index in [-0.39, 0.29) is 16.8 Å². The Morgan fingerprint density at radius 3 is 2.56 bits per heavy atom. The van der Waals surface area contributed by atoms with E-state index in [1.807, 2.05) is 19.2 Å². The SMILES string of the molecule is CC[C@@H](C)NS(=O)(=O)c1ccc(NC(=O)C[NH2+]CC[NH+]2CCOCC2)cc1. The third-order valence-corrected chi connectivity index (χ3v) is 6.25. The average Bonchev–Trinajstić information content (AvgIpc) is 2.66. The van der Waals surface area contributed by atoms with Crippen LogP contribution in [-0.4, -0.2) is 66.3 Å². The molecule has 9 heteroatoms. The first kappa shape index (κ1) is 21.8. The highest BCUT2D eigenvalue weighted by Gasteiger charge is 2.17. The summed E-state index contributed by atoms with van der Waals surface area (Å²) in [5, 5.41) is 4.79. The number of rotatable bonds is 10. The van der Waals surface area contributed by atoms with Gasteiger partial charge in [-0.05, 0) is 37.6 Å². The number of hydrogen-bond acceptors (Lipinski definition) is 4. The molecule has 0 saturated carbocycles. The first-order chi connectivity index (χ1) is 12.9. The third-order valence-electron chi connectivity index (χ3n) is 4.65. The predicted octanol–water partition coefficient (Wildman–Crippen LogP) is -1.82. The minimum Gasteiger partial charge on any atom is -0.370 e. The van der Waals surface area contributed by atoms with Crippen molar-refractivity contribution in [1.29, 1.82) is 0 Å². The van der Waals surface area contributed by atoms with Gasteiger partial charge in [-0.3, -0.25) is 4.79 Å². The zero-order chi connectivity index (χ0) is 19.7. The topological polar surface area (TPSA) is 106 Å². The first-order valence-corrected chi connectivity index (χ1v) is 11.0. The molecule has 0 radical (unpaired) electrons. The van der Waals surface area contributed by atoms with Crippen molar-refractivity contribution in [3.8, 4) is 0 Å². The smallest absolute Gasteiger partial charge is 0.279 e. The van der Waals surface area contributed by atoms with E-state index in [4.69, 9.17) is 4.74 Å². The van der Waals surface area contributed by atoms with Gasteiger partial charge in [-0.25, -0.2) is 13.1 Å². The fourth-order valence-corrected chi connectivity index (χ4v) is 4.12. The van der Waals surface area contributed by atoms with Gasteiger partial charge in [-0.1, -0.05) is 6.92 Å². The summed E-state index contributed by atoms with van der Waals surface area (Å²) in [6.07, 6.45) is 0.719. The fraction of sp³-hybridized carbons (Fsp3) is 0.611. The summed E-state index contributed by atoms with van der Waals surface area (Å²) in [6.45, 7) is 9.69. The summed E-state index contributed by atoms with van der Waals surface area (Å²) in [5.41, 5.74) is 0.592. The molecule has 1 aliphatic rings. The van der Waals surface area contributed by atoms with E-state index < -0.39 is 10.0 Å². The number of quaternary nitrogens is 2. The van der Waals surface area contributed by atoms with Crippen molar-refractivity contribution in [2.45, 2.75) is 31.2 Å². The molecule has 1 saturated heterocycles. The molecule has 8 nitrogen and oxygen atoms in total. The molecule has 27 heavy (non-hydrogen) atoms. The maximum atomic E-state index is 12.2. The van der Waals surface area contributed by atoms with Crippen LogP contribution in [0.4, 0.5) is 5.69 Å². The predicted molar refractivity (Wildman–Crippen MR) is 103 cm³/mol. The number of morpholine rings is 1. The van der Waals surface area contributed by atoms with Gasteiger partial charge in [0, 0.05) is 11.7 Å². The summed E-state index contributed by atoms with van der Waals surface area (Å²) >= 11 is 0. The van der Waals surface area contributed by atoms with Gasteiger partial charge < -0.3 is 20.3 Å². The summed E-state index contributed by atoms with van der Waals surface area (Å²) in [5.74, 6) is -0.0969. The molecule has 1 aromatic carbocycles. The zero-order valence-corrected chi connectivity index (χ0v) is 17.0. The molecule has 1 aliphatic heterocycles. The van der Waals surface area contributed by atoms with Crippen molar-refractivity contribution in [3.05, 3.63) is 24.3 Å². The molecule has 0 aromatic heterocycles. The van der Waals surface area contributed by atoms with Crippen molar-refractivity contribution in [2.75, 3.05) is 51.3 Å². The molecule has 0 bridgehead atoms. The molecule has 1 amide bonds. The van der Waals surface area contributed by atoms with E-state index in [1.54, 1.807) is 12.1 Å². The summed E-state index contributed by atoms with van der Waals surface area (Å²) in [6, 6.07) is 6.11. The number of hydrogen-bond donors (Lipinski definition) is 4. The average molecular weight is 401 g/mol. The van der Waals surface area contributed by atoms with Gasteiger partial charge in [0.05, 0.1) is 18.1 Å². The number of anilines is 1. The van der Waals surface area contributed by atoms with Gasteiger partial charge in [0.2, 0.25) is 10.0 Å². The van der Waals surface area contributed by atoms with Crippen molar-refractivity contribution in [3.63, 3.8) is 0 Å². The van der Waals surface area contributed by atoms with Crippen LogP contribution in [0.15, 0.2) is 29.2 Å². The quantitative estimate of drug-likeness (QED) is 0.347. The lowest BCUT2D eigenvalue weighted by Crippen LogP contribution is -3.16. The number of nitrogens with one attached hydrogen (secondary N) is 3. The highest BCUT2D eigenvalue weighted by Crippen LogP contribution is 2.14. The summed E-state index contributed by atoms with van der Waals surface area (Å²) < 4.78 is 32.4. The Bertz CT molecular complexity index is 688. The summed E-state index contributed by atoms with van der Waals surface area (Å²) in [7, 11) is -3.53. The number of sulfonamides is 1. The lowest BCUT2D eigenvalue weighted by atomic mass is 10.3. The van der Waals surface area contributed by atoms with Gasteiger partial charge in [-0.2, -0.15) is 0 Å². The zero-order valence-electron chi connectivity index (χ0n) is 16.2. The second kappa shape index (κ2) is 10.7. The van der Waals surface area contributed by atoms with Crippen LogP contribution in [0, 0.1) is 0 Å². The van der Waals surface area contributed by atoms with Crippen molar-refractivity contribution < 1.29 is 28.2 Å². The number of carbonyl (C=O) groups excluding carboxylic acids is 1. The molecule has 1 aromatic rings. The van der Waals surface area contributed by atoms with Crippen LogP contribution in [0.25, 0.3) is 0 Å². The first-order valence-electron chi connectivity index (χ1n) is 9.56. The van der Waals surface area contributed by atoms with Crippen molar-refractivity contribution >= 4 is 21.6 Å². The Morgan fingerprint density at radius 2 is 1.93 bits per heavy atom. The Balaban J connectivity index is 1.74. The van der Waals surface area contributed by atoms with E-state index in [9.17, 15) is 13.2 Å². The number of benzene rings is 1. The second-order valence-corrected chi connectivity index (χ2v) is 8.61. The number of nitrogens with two attached hydrogens (primary N) is 1. The van der Waals surface area contributed by atoms with Gasteiger partial charge in [0.25, 0.3) is 5.91 Å². The van der Waals surface area contributed by atoms with Crippen molar-refractivity contribution in [2.24, 2.45) is 0 Å². The van der Waals surface area contributed by atoms with Crippen LogP contribution in [0.2, 0.25) is 0 Å². The highest BCUT2D eigenvalue weighted by atomic mass is 32.2. The molecule has 1 fully saturated rings. The number of amides is 1. The third kappa shape index (κ3) is 7.55. The second-order valence-electron chi connectivity index (χ2n) is 6.90. The largest absolute Gasteiger partial charge is 0.370 e. The van der Waals surface area contributed by atoms with Gasteiger partial charge in [0.15, 0.2) is 6.54 Å². The molecule has 2 rings (SSSR count). The van der Waals surface area contributed by atoms with Crippen LogP contribution in [0.1, 0.15) is 20.3 Å². The van der Waals surface area contributed by atoms with Crippen LogP contribution in [-0.2, 0) is 19.6 Å². The monoisotopic (exact) mass is 400 g/mol. The Kier molecular flexibility index (Phi) is 8.65. The van der Waals surface area contributed by atoms with Crippen LogP contribution in [0.5, 0.6) is 0 Å². The van der Waals surface area contributed by atoms with Gasteiger partial charge in [-0.15, -0.1) is 0 Å². The maximum absolute atomic E-state index is 12.2. The molecule has 0 aliphatic carbocycles. The fourth-order valence-electron chi connectivity index (χ4n) is 2.80. The Labute approximate surface area is 161 Å². The number of ether oxygens (including phenoxy) is 1. The van der Waals surface area contributed by atoms with E-state index in [1.165, 1.54) is 17.0 Å². The van der Waals surface area contributed by atoms with E-state index in [2.05, 4.69) is 10.0 Å². The maximum Gasteiger partial charge on any atom is 0.279 e. The van der Waals surface area contributed by atoms with E-state index >= 15 is 0 Å². The Morgan fingerprint density at radius 1 is 1.26 bits per heavy atom. The van der Waals surface area contributed by atoms with Crippen LogP contribution in [0.3, 0.4) is 0 Å². The molecule has 0 spiro atoms. The van der Waals surface area contributed by atoms with Gasteiger partial charge in [0.1, 0.15) is 26.2 Å². The molecular formula is C18H32N4O4S+2. The lowest BCUT2D eigenvalue weighted by molar-refractivity contribution is -0.919. The van der Waals surface area contributed by atoms with E-state index in [0.29, 0.717) is 12.2 Å². The molecule has 0 unspecified atom stereocenters. The van der Waals surface area contributed by atoms with Crippen LogP contribution >= 0.6 is 0 Å². The Hall–Kier alpha value is -1.52. The molecule has 1 atom stereocenters. The molecule has 5 N–H and O–H groups in total. The van der Waals surface area contributed by atoms with Gasteiger partial charge >= 0.3 is 0 Å². The van der Waals surface area contributed by atoms with Crippen LogP contribution < -0.4 is 20.3 Å². The molecule has 1 heterocycles. The lowest BCUT2D eigenvalue weighted by Gasteiger charge is -2.22. The molecule has 152 valence electrons. The summed E-state index contributed by atoms with van der Waals surface area (Å²) in [4.78, 5) is 13.7. The minimum absolute atomic E-state index is 0.0969.